The lowest BCUT2D eigenvalue weighted by molar-refractivity contribution is 0.102. The summed E-state index contributed by atoms with van der Waals surface area (Å²) in [5.74, 6) is -0.118. The molecule has 2 N–H and O–H groups in total. The van der Waals surface area contributed by atoms with Crippen LogP contribution in [-0.4, -0.2) is 22.4 Å². The molecule has 0 radical (unpaired) electrons. The number of aryl methyl sites for hydroxylation is 1. The summed E-state index contributed by atoms with van der Waals surface area (Å²) in [4.78, 5) is 20.6. The van der Waals surface area contributed by atoms with Gasteiger partial charge in [0, 0.05) is 29.6 Å². The standard InChI is InChI=1S/C20H18ClFN4O/c1-13-10-16(21)4-7-18(13)26-19(27)15-11-24-20(25-12-15)23-9-8-14-2-5-17(22)6-3-14/h2-7,10-12H,8-9H2,1H3,(H,26,27)(H,23,24,25). The third-order valence-electron chi connectivity index (χ3n) is 3.96. The molecule has 7 heteroatoms. The number of amides is 1. The van der Waals surface area contributed by atoms with Crippen molar-refractivity contribution in [3.8, 4) is 0 Å². The van der Waals surface area contributed by atoms with Crippen molar-refractivity contribution in [2.24, 2.45) is 0 Å². The molecular formula is C20H18ClFN4O. The Labute approximate surface area is 161 Å². The van der Waals surface area contributed by atoms with E-state index in [0.29, 0.717) is 35.2 Å². The summed E-state index contributed by atoms with van der Waals surface area (Å²) < 4.78 is 12.9. The van der Waals surface area contributed by atoms with Gasteiger partial charge in [-0.05, 0) is 54.8 Å². The van der Waals surface area contributed by atoms with Crippen LogP contribution in [0.3, 0.4) is 0 Å². The number of nitrogens with one attached hydrogen (secondary N) is 2. The Morgan fingerprint density at radius 1 is 1.11 bits per heavy atom. The van der Waals surface area contributed by atoms with Crippen LogP contribution in [-0.2, 0) is 6.42 Å². The van der Waals surface area contributed by atoms with Gasteiger partial charge in [0.25, 0.3) is 5.91 Å². The zero-order chi connectivity index (χ0) is 19.2. The van der Waals surface area contributed by atoms with Crippen molar-refractivity contribution in [3.05, 3.63) is 82.4 Å². The summed E-state index contributed by atoms with van der Waals surface area (Å²) in [6, 6.07) is 11.6. The predicted octanol–water partition coefficient (Wildman–Crippen LogP) is 4.48. The first-order chi connectivity index (χ1) is 13.0. The van der Waals surface area contributed by atoms with Gasteiger partial charge in [-0.25, -0.2) is 14.4 Å². The largest absolute Gasteiger partial charge is 0.354 e. The van der Waals surface area contributed by atoms with E-state index in [1.165, 1.54) is 24.5 Å². The van der Waals surface area contributed by atoms with Gasteiger partial charge in [-0.3, -0.25) is 4.79 Å². The van der Waals surface area contributed by atoms with E-state index in [-0.39, 0.29) is 11.7 Å². The molecule has 1 heterocycles. The Bertz CT molecular complexity index is 930. The molecule has 0 bridgehead atoms. The zero-order valence-corrected chi connectivity index (χ0v) is 15.4. The minimum Gasteiger partial charge on any atom is -0.354 e. The van der Waals surface area contributed by atoms with Crippen molar-refractivity contribution < 1.29 is 9.18 Å². The number of aromatic nitrogens is 2. The number of carbonyl (C=O) groups is 1. The lowest BCUT2D eigenvalue weighted by Crippen LogP contribution is -2.14. The fourth-order valence-corrected chi connectivity index (χ4v) is 2.69. The average molecular weight is 385 g/mol. The molecule has 0 atom stereocenters. The van der Waals surface area contributed by atoms with Crippen molar-refractivity contribution in [2.75, 3.05) is 17.2 Å². The van der Waals surface area contributed by atoms with E-state index in [1.807, 2.05) is 6.92 Å². The maximum Gasteiger partial charge on any atom is 0.258 e. The van der Waals surface area contributed by atoms with Gasteiger partial charge in [0.2, 0.25) is 5.95 Å². The summed E-state index contributed by atoms with van der Waals surface area (Å²) in [6.07, 6.45) is 3.64. The Morgan fingerprint density at radius 3 is 2.48 bits per heavy atom. The fraction of sp³-hybridized carbons (Fsp3) is 0.150. The summed E-state index contributed by atoms with van der Waals surface area (Å²) >= 11 is 5.92. The van der Waals surface area contributed by atoms with Gasteiger partial charge in [0.05, 0.1) is 5.56 Å². The summed E-state index contributed by atoms with van der Waals surface area (Å²) in [6.45, 7) is 2.47. The molecular weight excluding hydrogens is 367 g/mol. The van der Waals surface area contributed by atoms with Crippen molar-refractivity contribution in [2.45, 2.75) is 13.3 Å². The highest BCUT2D eigenvalue weighted by Gasteiger charge is 2.09. The SMILES string of the molecule is Cc1cc(Cl)ccc1NC(=O)c1cnc(NCCc2ccc(F)cc2)nc1. The van der Waals surface area contributed by atoms with Gasteiger partial charge in [0.1, 0.15) is 5.82 Å². The first-order valence-corrected chi connectivity index (χ1v) is 8.77. The molecule has 0 aliphatic heterocycles. The zero-order valence-electron chi connectivity index (χ0n) is 14.7. The highest BCUT2D eigenvalue weighted by Crippen LogP contribution is 2.20. The summed E-state index contributed by atoms with van der Waals surface area (Å²) in [5, 5.41) is 6.51. The van der Waals surface area contributed by atoms with E-state index < -0.39 is 0 Å². The van der Waals surface area contributed by atoms with Gasteiger partial charge < -0.3 is 10.6 Å². The van der Waals surface area contributed by atoms with Crippen LogP contribution in [0, 0.1) is 12.7 Å². The van der Waals surface area contributed by atoms with Crippen LogP contribution < -0.4 is 10.6 Å². The third-order valence-corrected chi connectivity index (χ3v) is 4.20. The van der Waals surface area contributed by atoms with E-state index in [9.17, 15) is 9.18 Å². The van der Waals surface area contributed by atoms with Crippen molar-refractivity contribution in [1.29, 1.82) is 0 Å². The van der Waals surface area contributed by atoms with Crippen molar-refractivity contribution in [3.63, 3.8) is 0 Å². The number of hydrogen-bond acceptors (Lipinski definition) is 4. The Hall–Kier alpha value is -2.99. The maximum absolute atomic E-state index is 12.9. The monoisotopic (exact) mass is 384 g/mol. The molecule has 1 aromatic heterocycles. The number of hydrogen-bond donors (Lipinski definition) is 2. The van der Waals surface area contributed by atoms with Crippen LogP contribution in [0.15, 0.2) is 54.9 Å². The number of carbonyl (C=O) groups excluding carboxylic acids is 1. The van der Waals surface area contributed by atoms with E-state index >= 15 is 0 Å². The molecule has 0 saturated carbocycles. The second-order valence-electron chi connectivity index (χ2n) is 6.01. The number of halogens is 2. The minimum absolute atomic E-state index is 0.252. The Kier molecular flexibility index (Phi) is 5.98. The first kappa shape index (κ1) is 18.8. The first-order valence-electron chi connectivity index (χ1n) is 8.39. The van der Waals surface area contributed by atoms with Crippen LogP contribution in [0.5, 0.6) is 0 Å². The predicted molar refractivity (Wildman–Crippen MR) is 105 cm³/mol. The molecule has 3 rings (SSSR count). The topological polar surface area (TPSA) is 66.9 Å². The molecule has 0 fully saturated rings. The van der Waals surface area contributed by atoms with E-state index in [2.05, 4.69) is 20.6 Å². The lowest BCUT2D eigenvalue weighted by Gasteiger charge is -2.09. The van der Waals surface area contributed by atoms with Gasteiger partial charge in [-0.2, -0.15) is 0 Å². The maximum atomic E-state index is 12.9. The second-order valence-corrected chi connectivity index (χ2v) is 6.45. The lowest BCUT2D eigenvalue weighted by atomic mass is 10.1. The Balaban J connectivity index is 1.54. The van der Waals surface area contributed by atoms with Gasteiger partial charge in [-0.15, -0.1) is 0 Å². The normalized spacial score (nSPS) is 10.5. The summed E-state index contributed by atoms with van der Waals surface area (Å²) in [5.41, 5.74) is 2.92. The third kappa shape index (κ3) is 5.24. The Morgan fingerprint density at radius 2 is 1.81 bits per heavy atom. The quantitative estimate of drug-likeness (QED) is 0.657. The average Bonchev–Trinajstić information content (AvgIpc) is 2.66. The molecule has 0 aliphatic carbocycles. The molecule has 0 spiro atoms. The number of nitrogens with zero attached hydrogens (tertiary/aromatic N) is 2. The highest BCUT2D eigenvalue weighted by atomic mass is 35.5. The summed E-state index contributed by atoms with van der Waals surface area (Å²) in [7, 11) is 0. The van der Waals surface area contributed by atoms with Gasteiger partial charge in [-0.1, -0.05) is 23.7 Å². The molecule has 2 aromatic carbocycles. The number of anilines is 2. The highest BCUT2D eigenvalue weighted by molar-refractivity contribution is 6.30. The number of benzene rings is 2. The molecule has 1 amide bonds. The van der Waals surface area contributed by atoms with E-state index in [1.54, 1.807) is 30.3 Å². The van der Waals surface area contributed by atoms with Crippen LogP contribution >= 0.6 is 11.6 Å². The van der Waals surface area contributed by atoms with Gasteiger partial charge >= 0.3 is 0 Å². The molecule has 5 nitrogen and oxygen atoms in total. The van der Waals surface area contributed by atoms with Crippen molar-refractivity contribution >= 4 is 29.1 Å². The molecule has 0 aliphatic rings. The number of rotatable bonds is 6. The molecule has 3 aromatic rings. The minimum atomic E-state index is -0.293. The molecule has 138 valence electrons. The van der Waals surface area contributed by atoms with Crippen LogP contribution in [0.2, 0.25) is 5.02 Å². The van der Waals surface area contributed by atoms with Crippen LogP contribution in [0.25, 0.3) is 0 Å². The smallest absolute Gasteiger partial charge is 0.258 e. The molecule has 0 unspecified atom stereocenters. The van der Waals surface area contributed by atoms with Gasteiger partial charge in [0.15, 0.2) is 0 Å². The molecule has 27 heavy (non-hydrogen) atoms. The van der Waals surface area contributed by atoms with E-state index in [4.69, 9.17) is 11.6 Å². The molecule has 0 saturated heterocycles. The van der Waals surface area contributed by atoms with E-state index in [0.717, 1.165) is 11.1 Å². The van der Waals surface area contributed by atoms with Crippen LogP contribution in [0.1, 0.15) is 21.5 Å². The fourth-order valence-electron chi connectivity index (χ4n) is 2.47. The van der Waals surface area contributed by atoms with Crippen molar-refractivity contribution in [1.82, 2.24) is 9.97 Å². The second kappa shape index (κ2) is 8.60. The van der Waals surface area contributed by atoms with Crippen LogP contribution in [0.4, 0.5) is 16.0 Å².